The van der Waals surface area contributed by atoms with Crippen LogP contribution in [0.25, 0.3) is 0 Å². The number of carbonyl (C=O) groups excluding carboxylic acids is 1. The van der Waals surface area contributed by atoms with Gasteiger partial charge in [-0.15, -0.1) is 0 Å². The van der Waals surface area contributed by atoms with Crippen LogP contribution < -0.4 is 10.5 Å². The second-order valence-electron chi connectivity index (χ2n) is 4.71. The molecule has 1 aliphatic rings. The zero-order valence-corrected chi connectivity index (χ0v) is 11.9. The van der Waals surface area contributed by atoms with Crippen LogP contribution in [0, 0.1) is 11.6 Å². The Morgan fingerprint density at radius 1 is 1.19 bits per heavy atom. The topological polar surface area (TPSA) is 92.5 Å². The van der Waals surface area contributed by atoms with Crippen LogP contribution in [0.4, 0.5) is 14.5 Å². The van der Waals surface area contributed by atoms with E-state index in [1.54, 1.807) is 0 Å². The van der Waals surface area contributed by atoms with Crippen LogP contribution in [0.1, 0.15) is 29.6 Å². The lowest BCUT2D eigenvalue weighted by Crippen LogP contribution is -2.39. The summed E-state index contributed by atoms with van der Waals surface area (Å²) in [6, 6.07) is 1.70. The Kier molecular flexibility index (Phi) is 4.43. The lowest BCUT2D eigenvalue weighted by atomic mass is 10.1. The van der Waals surface area contributed by atoms with Crippen LogP contribution in [0.15, 0.2) is 12.1 Å². The van der Waals surface area contributed by atoms with Crippen LogP contribution in [0.3, 0.4) is 0 Å². The normalized spacial score (nSPS) is 16.7. The number of benzene rings is 1. The number of piperidine rings is 1. The van der Waals surface area contributed by atoms with E-state index in [4.69, 9.17) is 5.73 Å². The number of carbonyl (C=O) groups is 1. The van der Waals surface area contributed by atoms with Gasteiger partial charge < -0.3 is 5.73 Å². The highest BCUT2D eigenvalue weighted by atomic mass is 32.2. The standard InChI is InChI=1S/C12H15F2N3O3S/c13-8-4-5-9(11(14)10(8)12(15)18)16-21(19,20)17-6-2-1-3-7-17/h4-5,16H,1-3,6-7H2,(H2,15,18). The molecule has 0 spiro atoms. The van der Waals surface area contributed by atoms with E-state index in [1.807, 2.05) is 4.72 Å². The highest BCUT2D eigenvalue weighted by Crippen LogP contribution is 2.23. The van der Waals surface area contributed by atoms with Gasteiger partial charge in [0.2, 0.25) is 0 Å². The van der Waals surface area contributed by atoms with E-state index in [-0.39, 0.29) is 0 Å². The van der Waals surface area contributed by atoms with Crippen molar-refractivity contribution in [3.63, 3.8) is 0 Å². The van der Waals surface area contributed by atoms with Crippen molar-refractivity contribution < 1.29 is 22.0 Å². The summed E-state index contributed by atoms with van der Waals surface area (Å²) in [5.74, 6) is -3.76. The van der Waals surface area contributed by atoms with Crippen molar-refractivity contribution in [1.29, 1.82) is 0 Å². The van der Waals surface area contributed by atoms with Gasteiger partial charge in [-0.3, -0.25) is 9.52 Å². The number of primary amides is 1. The molecular formula is C12H15F2N3O3S. The summed E-state index contributed by atoms with van der Waals surface area (Å²) >= 11 is 0. The first-order valence-corrected chi connectivity index (χ1v) is 7.82. The number of nitrogens with one attached hydrogen (secondary N) is 1. The Morgan fingerprint density at radius 3 is 2.38 bits per heavy atom. The Labute approximate surface area is 121 Å². The number of nitrogens with two attached hydrogens (primary N) is 1. The largest absolute Gasteiger partial charge is 0.365 e. The summed E-state index contributed by atoms with van der Waals surface area (Å²) in [5.41, 5.74) is 3.42. The molecule has 21 heavy (non-hydrogen) atoms. The third-order valence-corrected chi connectivity index (χ3v) is 4.75. The van der Waals surface area contributed by atoms with E-state index >= 15 is 0 Å². The maximum Gasteiger partial charge on any atom is 0.301 e. The molecule has 9 heteroatoms. The van der Waals surface area contributed by atoms with Crippen molar-refractivity contribution >= 4 is 21.8 Å². The molecular weight excluding hydrogens is 304 g/mol. The molecule has 1 fully saturated rings. The third kappa shape index (κ3) is 3.30. The molecule has 0 radical (unpaired) electrons. The number of amides is 1. The molecule has 1 aromatic carbocycles. The molecule has 0 unspecified atom stereocenters. The maximum absolute atomic E-state index is 14.0. The monoisotopic (exact) mass is 319 g/mol. The number of hydrogen-bond donors (Lipinski definition) is 2. The van der Waals surface area contributed by atoms with Gasteiger partial charge in [0.15, 0.2) is 5.82 Å². The second kappa shape index (κ2) is 5.94. The number of nitrogens with zero attached hydrogens (tertiary/aromatic N) is 1. The molecule has 0 atom stereocenters. The highest BCUT2D eigenvalue weighted by molar-refractivity contribution is 7.90. The minimum atomic E-state index is -3.95. The number of halogens is 2. The van der Waals surface area contributed by atoms with Crippen LogP contribution >= 0.6 is 0 Å². The molecule has 116 valence electrons. The molecule has 0 aromatic heterocycles. The Hall–Kier alpha value is -1.74. The van der Waals surface area contributed by atoms with Gasteiger partial charge in [0.1, 0.15) is 11.4 Å². The predicted octanol–water partition coefficient (Wildman–Crippen LogP) is 1.21. The summed E-state index contributed by atoms with van der Waals surface area (Å²) in [7, 11) is -3.95. The van der Waals surface area contributed by atoms with E-state index in [0.29, 0.717) is 13.1 Å². The fourth-order valence-corrected chi connectivity index (χ4v) is 3.47. The molecule has 2 rings (SSSR count). The lowest BCUT2D eigenvalue weighted by Gasteiger charge is -2.26. The van der Waals surface area contributed by atoms with E-state index in [9.17, 15) is 22.0 Å². The molecule has 1 saturated heterocycles. The molecule has 0 bridgehead atoms. The van der Waals surface area contributed by atoms with Crippen LogP contribution in [-0.2, 0) is 10.2 Å². The first kappa shape index (κ1) is 15.6. The Morgan fingerprint density at radius 2 is 1.81 bits per heavy atom. The van der Waals surface area contributed by atoms with Crippen LogP contribution in [-0.4, -0.2) is 31.7 Å². The predicted molar refractivity (Wildman–Crippen MR) is 72.8 cm³/mol. The average molecular weight is 319 g/mol. The molecule has 1 heterocycles. The van der Waals surface area contributed by atoms with Crippen LogP contribution in [0.5, 0.6) is 0 Å². The van der Waals surface area contributed by atoms with E-state index in [2.05, 4.69) is 0 Å². The van der Waals surface area contributed by atoms with Gasteiger partial charge in [-0.25, -0.2) is 8.78 Å². The zero-order valence-electron chi connectivity index (χ0n) is 11.1. The molecule has 1 aromatic rings. The SMILES string of the molecule is NC(=O)c1c(F)ccc(NS(=O)(=O)N2CCCCC2)c1F. The van der Waals surface area contributed by atoms with Gasteiger partial charge in [-0.1, -0.05) is 6.42 Å². The van der Waals surface area contributed by atoms with Crippen LogP contribution in [0.2, 0.25) is 0 Å². The van der Waals surface area contributed by atoms with Gasteiger partial charge in [-0.05, 0) is 25.0 Å². The summed E-state index contributed by atoms with van der Waals surface area (Å²) in [6.45, 7) is 0.668. The van der Waals surface area contributed by atoms with Crippen molar-refractivity contribution in [3.05, 3.63) is 29.3 Å². The quantitative estimate of drug-likeness (QED) is 0.873. The number of hydrogen-bond acceptors (Lipinski definition) is 3. The number of rotatable bonds is 4. The molecule has 3 N–H and O–H groups in total. The molecule has 0 aliphatic carbocycles. The van der Waals surface area contributed by atoms with E-state index in [0.717, 1.165) is 31.4 Å². The third-order valence-electron chi connectivity index (χ3n) is 3.23. The average Bonchev–Trinajstić information content (AvgIpc) is 2.43. The molecule has 0 saturated carbocycles. The van der Waals surface area contributed by atoms with E-state index in [1.165, 1.54) is 4.31 Å². The molecule has 6 nitrogen and oxygen atoms in total. The van der Waals surface area contributed by atoms with Gasteiger partial charge >= 0.3 is 10.2 Å². The molecule has 1 amide bonds. The first-order valence-electron chi connectivity index (χ1n) is 6.38. The lowest BCUT2D eigenvalue weighted by molar-refractivity contribution is 0.0992. The minimum Gasteiger partial charge on any atom is -0.365 e. The maximum atomic E-state index is 14.0. The minimum absolute atomic E-state index is 0.334. The summed E-state index contributed by atoms with van der Waals surface area (Å²) < 4.78 is 54.8. The summed E-state index contributed by atoms with van der Waals surface area (Å²) in [5, 5.41) is 0. The smallest absolute Gasteiger partial charge is 0.301 e. The van der Waals surface area contributed by atoms with Crippen molar-refractivity contribution in [1.82, 2.24) is 4.31 Å². The van der Waals surface area contributed by atoms with Crippen molar-refractivity contribution in [2.45, 2.75) is 19.3 Å². The number of anilines is 1. The fraction of sp³-hybridized carbons (Fsp3) is 0.417. The van der Waals surface area contributed by atoms with Gasteiger partial charge in [-0.2, -0.15) is 12.7 Å². The Bertz CT molecular complexity index is 658. The van der Waals surface area contributed by atoms with Crippen molar-refractivity contribution in [2.75, 3.05) is 17.8 Å². The zero-order chi connectivity index (χ0) is 15.6. The van der Waals surface area contributed by atoms with Gasteiger partial charge in [0.25, 0.3) is 5.91 Å². The van der Waals surface area contributed by atoms with E-state index < -0.39 is 39.0 Å². The van der Waals surface area contributed by atoms with Gasteiger partial charge in [0.05, 0.1) is 5.69 Å². The highest BCUT2D eigenvalue weighted by Gasteiger charge is 2.26. The summed E-state index contributed by atoms with van der Waals surface area (Å²) in [4.78, 5) is 11.0. The van der Waals surface area contributed by atoms with Gasteiger partial charge in [0, 0.05) is 13.1 Å². The first-order chi connectivity index (χ1) is 9.83. The second-order valence-corrected chi connectivity index (χ2v) is 6.39. The molecule has 1 aliphatic heterocycles. The fourth-order valence-electron chi connectivity index (χ4n) is 2.17. The summed E-state index contributed by atoms with van der Waals surface area (Å²) in [6.07, 6.45) is 2.38. The Balaban J connectivity index is 2.31. The van der Waals surface area contributed by atoms with Crippen molar-refractivity contribution in [2.24, 2.45) is 5.73 Å². The van der Waals surface area contributed by atoms with Crippen molar-refractivity contribution in [3.8, 4) is 0 Å².